The summed E-state index contributed by atoms with van der Waals surface area (Å²) in [6, 6.07) is 3.44. The Morgan fingerprint density at radius 1 is 1.53 bits per heavy atom. The second kappa shape index (κ2) is 6.35. The number of hydrogen-bond donors (Lipinski definition) is 3. The van der Waals surface area contributed by atoms with E-state index >= 15 is 0 Å². The average Bonchev–Trinajstić information content (AvgIpc) is 2.37. The van der Waals surface area contributed by atoms with Gasteiger partial charge in [0.25, 0.3) is 0 Å². The number of nitrogens with zero attached hydrogens (tertiary/aromatic N) is 1. The molecule has 0 heterocycles. The Morgan fingerprint density at radius 2 is 2.21 bits per heavy atom. The van der Waals surface area contributed by atoms with E-state index in [9.17, 15) is 14.0 Å². The zero-order valence-corrected chi connectivity index (χ0v) is 10.1. The average molecular weight is 265 g/mol. The third kappa shape index (κ3) is 3.96. The molecule has 100 valence electrons. The lowest BCUT2D eigenvalue weighted by Crippen LogP contribution is -2.42. The van der Waals surface area contributed by atoms with E-state index in [-0.39, 0.29) is 17.7 Å². The maximum Gasteiger partial charge on any atom is 0.326 e. The van der Waals surface area contributed by atoms with Gasteiger partial charge in [-0.25, -0.2) is 14.0 Å². The van der Waals surface area contributed by atoms with Gasteiger partial charge in [-0.15, -0.1) is 0 Å². The number of hydrogen-bond acceptors (Lipinski definition) is 3. The maximum absolute atomic E-state index is 13.5. The standard InChI is InChI=1S/C12H12FN3O3/c1-2-9(11(17)18)15-12(19)16-10-4-3-7(6-14)5-8(10)13/h3-5,9H,2H2,1H3,(H,17,18)(H2,15,16,19)/t9-/m1/s1. The summed E-state index contributed by atoms with van der Waals surface area (Å²) in [5.74, 6) is -1.93. The highest BCUT2D eigenvalue weighted by molar-refractivity contribution is 5.92. The molecule has 0 aromatic heterocycles. The molecule has 1 aromatic carbocycles. The van der Waals surface area contributed by atoms with Crippen molar-refractivity contribution >= 4 is 17.7 Å². The van der Waals surface area contributed by atoms with E-state index in [1.165, 1.54) is 12.1 Å². The molecule has 0 aliphatic heterocycles. The van der Waals surface area contributed by atoms with Crippen molar-refractivity contribution in [3.05, 3.63) is 29.6 Å². The van der Waals surface area contributed by atoms with Crippen LogP contribution in [0, 0.1) is 17.1 Å². The normalized spacial score (nSPS) is 11.2. The van der Waals surface area contributed by atoms with Gasteiger partial charge < -0.3 is 15.7 Å². The van der Waals surface area contributed by atoms with Crippen LogP contribution in [-0.4, -0.2) is 23.1 Å². The molecule has 1 atom stereocenters. The van der Waals surface area contributed by atoms with Crippen LogP contribution in [0.4, 0.5) is 14.9 Å². The molecule has 0 bridgehead atoms. The van der Waals surface area contributed by atoms with Crippen molar-refractivity contribution in [3.8, 4) is 6.07 Å². The van der Waals surface area contributed by atoms with E-state index in [0.717, 1.165) is 6.07 Å². The van der Waals surface area contributed by atoms with Crippen LogP contribution in [0.3, 0.4) is 0 Å². The Kier molecular flexibility index (Phi) is 4.83. The Bertz CT molecular complexity index is 540. The summed E-state index contributed by atoms with van der Waals surface area (Å²) in [4.78, 5) is 22.2. The number of nitriles is 1. The van der Waals surface area contributed by atoms with Gasteiger partial charge in [0.1, 0.15) is 11.9 Å². The lowest BCUT2D eigenvalue weighted by molar-refractivity contribution is -0.139. The molecule has 19 heavy (non-hydrogen) atoms. The predicted octanol–water partition coefficient (Wildman–Crippen LogP) is 1.68. The molecule has 0 saturated heterocycles. The van der Waals surface area contributed by atoms with E-state index in [2.05, 4.69) is 10.6 Å². The van der Waals surface area contributed by atoms with Crippen molar-refractivity contribution in [3.63, 3.8) is 0 Å². The van der Waals surface area contributed by atoms with E-state index in [0.29, 0.717) is 0 Å². The molecule has 0 spiro atoms. The molecule has 0 aliphatic rings. The van der Waals surface area contributed by atoms with E-state index in [1.807, 2.05) is 0 Å². The molecule has 1 aromatic rings. The number of anilines is 1. The summed E-state index contributed by atoms with van der Waals surface area (Å²) < 4.78 is 13.5. The molecule has 0 radical (unpaired) electrons. The summed E-state index contributed by atoms with van der Waals surface area (Å²) in [7, 11) is 0. The van der Waals surface area contributed by atoms with Gasteiger partial charge in [0.15, 0.2) is 0 Å². The predicted molar refractivity (Wildman–Crippen MR) is 65.0 cm³/mol. The summed E-state index contributed by atoms with van der Waals surface area (Å²) in [5.41, 5.74) is -0.00262. The minimum absolute atomic E-state index is 0.125. The number of rotatable bonds is 4. The number of benzene rings is 1. The van der Waals surface area contributed by atoms with Gasteiger partial charge in [-0.3, -0.25) is 0 Å². The van der Waals surface area contributed by atoms with Crippen LogP contribution < -0.4 is 10.6 Å². The smallest absolute Gasteiger partial charge is 0.326 e. The molecule has 0 unspecified atom stereocenters. The Morgan fingerprint density at radius 3 is 2.68 bits per heavy atom. The fourth-order valence-corrected chi connectivity index (χ4v) is 1.34. The van der Waals surface area contributed by atoms with Crippen molar-refractivity contribution < 1.29 is 19.1 Å². The van der Waals surface area contributed by atoms with Crippen molar-refractivity contribution in [2.45, 2.75) is 19.4 Å². The van der Waals surface area contributed by atoms with Crippen molar-refractivity contribution in [1.29, 1.82) is 5.26 Å². The first kappa shape index (κ1) is 14.4. The number of amides is 2. The van der Waals surface area contributed by atoms with Gasteiger partial charge >= 0.3 is 12.0 Å². The van der Waals surface area contributed by atoms with Crippen LogP contribution in [0.25, 0.3) is 0 Å². The van der Waals surface area contributed by atoms with Crippen LogP contribution in [0.1, 0.15) is 18.9 Å². The number of halogens is 1. The van der Waals surface area contributed by atoms with E-state index < -0.39 is 23.9 Å². The number of carboxylic acid groups (broad SMARTS) is 1. The van der Waals surface area contributed by atoms with Crippen molar-refractivity contribution in [1.82, 2.24) is 5.32 Å². The van der Waals surface area contributed by atoms with Crippen molar-refractivity contribution in [2.24, 2.45) is 0 Å². The molecular formula is C12H12FN3O3. The Balaban J connectivity index is 2.72. The second-order valence-electron chi connectivity index (χ2n) is 3.70. The highest BCUT2D eigenvalue weighted by Gasteiger charge is 2.18. The van der Waals surface area contributed by atoms with Gasteiger partial charge in [-0.1, -0.05) is 6.92 Å². The number of carboxylic acids is 1. The first-order chi connectivity index (χ1) is 8.97. The zero-order chi connectivity index (χ0) is 14.4. The monoisotopic (exact) mass is 265 g/mol. The topological polar surface area (TPSA) is 102 Å². The minimum atomic E-state index is -1.17. The van der Waals surface area contributed by atoms with Gasteiger partial charge in [0.2, 0.25) is 0 Å². The molecule has 6 nitrogen and oxygen atoms in total. The summed E-state index contributed by atoms with van der Waals surface area (Å²) in [5, 5.41) is 21.7. The van der Waals surface area contributed by atoms with Crippen LogP contribution >= 0.6 is 0 Å². The summed E-state index contributed by atoms with van der Waals surface area (Å²) in [6.45, 7) is 1.60. The van der Waals surface area contributed by atoms with Gasteiger partial charge in [-0.05, 0) is 24.6 Å². The van der Waals surface area contributed by atoms with Crippen LogP contribution in [0.15, 0.2) is 18.2 Å². The lowest BCUT2D eigenvalue weighted by Gasteiger charge is -2.13. The van der Waals surface area contributed by atoms with E-state index in [1.54, 1.807) is 13.0 Å². The second-order valence-corrected chi connectivity index (χ2v) is 3.70. The molecule has 0 saturated carbocycles. The van der Waals surface area contributed by atoms with Gasteiger partial charge in [-0.2, -0.15) is 5.26 Å². The number of carbonyl (C=O) groups excluding carboxylic acids is 1. The fraction of sp³-hybridized carbons (Fsp3) is 0.250. The highest BCUT2D eigenvalue weighted by atomic mass is 19.1. The van der Waals surface area contributed by atoms with Gasteiger partial charge in [0, 0.05) is 0 Å². The first-order valence-electron chi connectivity index (χ1n) is 5.48. The SMILES string of the molecule is CC[C@@H](NC(=O)Nc1ccc(C#N)cc1F)C(=O)O. The number of nitrogens with one attached hydrogen (secondary N) is 2. The first-order valence-corrected chi connectivity index (χ1v) is 5.48. The molecule has 3 N–H and O–H groups in total. The summed E-state index contributed by atoms with van der Waals surface area (Å²) in [6.07, 6.45) is 0.207. The maximum atomic E-state index is 13.5. The minimum Gasteiger partial charge on any atom is -0.480 e. The molecular weight excluding hydrogens is 253 g/mol. The number of carbonyl (C=O) groups is 2. The molecule has 2 amide bonds. The van der Waals surface area contributed by atoms with Crippen LogP contribution in [-0.2, 0) is 4.79 Å². The molecule has 7 heteroatoms. The molecule has 1 rings (SSSR count). The highest BCUT2D eigenvalue weighted by Crippen LogP contribution is 2.15. The number of aliphatic carboxylic acids is 1. The third-order valence-corrected chi connectivity index (χ3v) is 2.36. The van der Waals surface area contributed by atoms with Crippen LogP contribution in [0.5, 0.6) is 0 Å². The fourth-order valence-electron chi connectivity index (χ4n) is 1.34. The molecule has 0 aliphatic carbocycles. The van der Waals surface area contributed by atoms with Crippen molar-refractivity contribution in [2.75, 3.05) is 5.32 Å². The largest absolute Gasteiger partial charge is 0.480 e. The van der Waals surface area contributed by atoms with Gasteiger partial charge in [0.05, 0.1) is 17.3 Å². The lowest BCUT2D eigenvalue weighted by atomic mass is 10.2. The van der Waals surface area contributed by atoms with E-state index in [4.69, 9.17) is 10.4 Å². The third-order valence-electron chi connectivity index (χ3n) is 2.36. The molecule has 0 fully saturated rings. The number of urea groups is 1. The zero-order valence-electron chi connectivity index (χ0n) is 10.1. The quantitative estimate of drug-likeness (QED) is 0.770. The van der Waals surface area contributed by atoms with Crippen LogP contribution in [0.2, 0.25) is 0 Å². The Labute approximate surface area is 108 Å². The Hall–Kier alpha value is -2.62. The summed E-state index contributed by atoms with van der Waals surface area (Å²) >= 11 is 0.